The summed E-state index contributed by atoms with van der Waals surface area (Å²) in [6.45, 7) is 1.84. The molecular weight excluding hydrogens is 449 g/mol. The molecule has 0 aromatic heterocycles. The van der Waals surface area contributed by atoms with Crippen LogP contribution in [0.25, 0.3) is 0 Å². The molecule has 0 saturated carbocycles. The lowest BCUT2D eigenvalue weighted by Crippen LogP contribution is -2.39. The van der Waals surface area contributed by atoms with Crippen LogP contribution in [-0.4, -0.2) is 41.6 Å². The second-order valence-electron chi connectivity index (χ2n) is 8.08. The maximum atomic E-state index is 12.1. The van der Waals surface area contributed by atoms with Crippen molar-refractivity contribution in [1.29, 1.82) is 0 Å². The number of fused-ring (bicyclic) bond motifs is 1. The number of nitrogens with two attached hydrogens (primary N) is 1. The van der Waals surface area contributed by atoms with Crippen LogP contribution in [0.4, 0.5) is 10.5 Å². The van der Waals surface area contributed by atoms with Gasteiger partial charge in [0.25, 0.3) is 0 Å². The van der Waals surface area contributed by atoms with Crippen LogP contribution in [0, 0.1) is 0 Å². The van der Waals surface area contributed by atoms with Crippen molar-refractivity contribution in [3.05, 3.63) is 63.6 Å². The number of urea groups is 1. The first kappa shape index (κ1) is 24.4. The third-order valence-electron chi connectivity index (χ3n) is 5.92. The molecule has 3 rings (SSSR count). The Kier molecular flexibility index (Phi) is 8.79. The van der Waals surface area contributed by atoms with Gasteiger partial charge in [0, 0.05) is 31.2 Å². The van der Waals surface area contributed by atoms with E-state index in [1.807, 2.05) is 0 Å². The monoisotopic (exact) mass is 477 g/mol. The highest BCUT2D eigenvalue weighted by atomic mass is 35.5. The maximum absolute atomic E-state index is 12.1. The number of carbonyl (C=O) groups excluding carboxylic acids is 1. The number of hydrogen-bond acceptors (Lipinski definition) is 3. The van der Waals surface area contributed by atoms with E-state index in [-0.39, 0.29) is 12.5 Å². The Morgan fingerprint density at radius 1 is 1.03 bits per heavy atom. The van der Waals surface area contributed by atoms with Crippen LogP contribution in [0.2, 0.25) is 10.0 Å². The average Bonchev–Trinajstić information content (AvgIpc) is 2.76. The third kappa shape index (κ3) is 6.37. The summed E-state index contributed by atoms with van der Waals surface area (Å²) in [4.78, 5) is 27.0. The first-order valence-electron chi connectivity index (χ1n) is 10.9. The van der Waals surface area contributed by atoms with Crippen molar-refractivity contribution in [1.82, 2.24) is 4.90 Å². The molecule has 0 radical (unpaired) electrons. The predicted octanol–water partition coefficient (Wildman–Crippen LogP) is 5.51. The molecule has 2 aromatic carbocycles. The SMILES string of the molecule is NC(=O)N(CCCN(CCCC(=O)O)C1CCCc2ccccc21)c1ccc(Cl)c(Cl)c1. The molecule has 1 atom stereocenters. The van der Waals surface area contributed by atoms with Crippen LogP contribution < -0.4 is 10.6 Å². The number of anilines is 1. The van der Waals surface area contributed by atoms with Gasteiger partial charge in [-0.2, -0.15) is 0 Å². The van der Waals surface area contributed by atoms with Gasteiger partial charge in [-0.05, 0) is 68.0 Å². The molecule has 0 spiro atoms. The lowest BCUT2D eigenvalue weighted by Gasteiger charge is -2.36. The van der Waals surface area contributed by atoms with E-state index in [9.17, 15) is 9.59 Å². The number of carbonyl (C=O) groups is 2. The largest absolute Gasteiger partial charge is 0.481 e. The van der Waals surface area contributed by atoms with E-state index in [1.54, 1.807) is 18.2 Å². The van der Waals surface area contributed by atoms with Crippen molar-refractivity contribution in [3.8, 4) is 0 Å². The minimum absolute atomic E-state index is 0.140. The highest BCUT2D eigenvalue weighted by Crippen LogP contribution is 2.34. The summed E-state index contributed by atoms with van der Waals surface area (Å²) in [7, 11) is 0. The number of hydrogen-bond donors (Lipinski definition) is 2. The standard InChI is InChI=1S/C24H29Cl2N3O3/c25-20-12-11-18(16-21(20)26)29(24(27)32)15-5-14-28(13-4-10-23(30)31)22-9-3-7-17-6-1-2-8-19(17)22/h1-2,6,8,11-12,16,22H,3-5,7,9-10,13-15H2,(H2,27,32)(H,30,31). The summed E-state index contributed by atoms with van der Waals surface area (Å²) in [5, 5.41) is 9.86. The molecule has 6 nitrogen and oxygen atoms in total. The summed E-state index contributed by atoms with van der Waals surface area (Å²) in [5.41, 5.74) is 8.92. The van der Waals surface area contributed by atoms with Crippen molar-refractivity contribution >= 4 is 40.9 Å². The molecule has 3 N–H and O–H groups in total. The topological polar surface area (TPSA) is 86.9 Å². The Balaban J connectivity index is 1.71. The Morgan fingerprint density at radius 2 is 1.78 bits per heavy atom. The molecule has 8 heteroatoms. The summed E-state index contributed by atoms with van der Waals surface area (Å²) >= 11 is 12.1. The zero-order chi connectivity index (χ0) is 23.1. The lowest BCUT2D eigenvalue weighted by molar-refractivity contribution is -0.137. The van der Waals surface area contributed by atoms with E-state index in [0.29, 0.717) is 41.7 Å². The van der Waals surface area contributed by atoms with Crippen molar-refractivity contribution in [2.75, 3.05) is 24.5 Å². The summed E-state index contributed by atoms with van der Waals surface area (Å²) < 4.78 is 0. The molecule has 0 fully saturated rings. The minimum atomic E-state index is -0.784. The van der Waals surface area contributed by atoms with Gasteiger partial charge < -0.3 is 10.8 Å². The number of amides is 2. The fourth-order valence-electron chi connectivity index (χ4n) is 4.42. The summed E-state index contributed by atoms with van der Waals surface area (Å²) in [6.07, 6.45) is 4.63. The van der Waals surface area contributed by atoms with Crippen molar-refractivity contribution in [3.63, 3.8) is 0 Å². The fourth-order valence-corrected chi connectivity index (χ4v) is 4.71. The Morgan fingerprint density at radius 3 is 2.50 bits per heavy atom. The minimum Gasteiger partial charge on any atom is -0.481 e. The smallest absolute Gasteiger partial charge is 0.319 e. The van der Waals surface area contributed by atoms with Crippen LogP contribution in [-0.2, 0) is 11.2 Å². The van der Waals surface area contributed by atoms with Crippen LogP contribution in [0.15, 0.2) is 42.5 Å². The Labute approximate surface area is 198 Å². The number of carboxylic acid groups (broad SMARTS) is 1. The van der Waals surface area contributed by atoms with E-state index in [2.05, 4.69) is 29.2 Å². The number of aryl methyl sites for hydroxylation is 1. The molecule has 32 heavy (non-hydrogen) atoms. The number of halogens is 2. The van der Waals surface area contributed by atoms with E-state index in [1.165, 1.54) is 16.0 Å². The zero-order valence-electron chi connectivity index (χ0n) is 18.0. The van der Waals surface area contributed by atoms with Gasteiger partial charge in [-0.25, -0.2) is 4.79 Å². The lowest BCUT2D eigenvalue weighted by atomic mass is 9.86. The van der Waals surface area contributed by atoms with Gasteiger partial charge in [-0.1, -0.05) is 47.5 Å². The molecule has 0 saturated heterocycles. The molecular formula is C24H29Cl2N3O3. The van der Waals surface area contributed by atoms with E-state index < -0.39 is 12.0 Å². The predicted molar refractivity (Wildman–Crippen MR) is 129 cm³/mol. The highest BCUT2D eigenvalue weighted by Gasteiger charge is 2.26. The quantitative estimate of drug-likeness (QED) is 0.471. The van der Waals surface area contributed by atoms with E-state index in [4.69, 9.17) is 34.0 Å². The van der Waals surface area contributed by atoms with Gasteiger partial charge in [-0.15, -0.1) is 0 Å². The first-order valence-corrected chi connectivity index (χ1v) is 11.7. The summed E-state index contributed by atoms with van der Waals surface area (Å²) in [6, 6.07) is 13.2. The van der Waals surface area contributed by atoms with Gasteiger partial charge in [0.2, 0.25) is 0 Å². The van der Waals surface area contributed by atoms with Crippen molar-refractivity contribution in [2.45, 2.75) is 44.6 Å². The Hall–Kier alpha value is -2.28. The zero-order valence-corrected chi connectivity index (χ0v) is 19.5. The maximum Gasteiger partial charge on any atom is 0.319 e. The number of primary amides is 1. The number of rotatable bonds is 10. The fraction of sp³-hybridized carbons (Fsp3) is 0.417. The number of benzene rings is 2. The van der Waals surface area contributed by atoms with E-state index in [0.717, 1.165) is 25.8 Å². The van der Waals surface area contributed by atoms with Gasteiger partial charge in [0.15, 0.2) is 0 Å². The molecule has 2 amide bonds. The second kappa shape index (κ2) is 11.5. The first-order chi connectivity index (χ1) is 15.4. The molecule has 172 valence electrons. The number of carboxylic acids is 1. The van der Waals surface area contributed by atoms with Crippen molar-refractivity contribution < 1.29 is 14.7 Å². The van der Waals surface area contributed by atoms with Gasteiger partial charge in [-0.3, -0.25) is 14.6 Å². The normalized spacial score (nSPS) is 15.4. The van der Waals surface area contributed by atoms with Crippen LogP contribution >= 0.6 is 23.2 Å². The van der Waals surface area contributed by atoms with E-state index >= 15 is 0 Å². The molecule has 1 aliphatic carbocycles. The molecule has 1 aliphatic rings. The van der Waals surface area contributed by atoms with Gasteiger partial charge >= 0.3 is 12.0 Å². The third-order valence-corrected chi connectivity index (χ3v) is 6.66. The Bertz CT molecular complexity index is 954. The van der Waals surface area contributed by atoms with Crippen molar-refractivity contribution in [2.24, 2.45) is 5.73 Å². The molecule has 2 aromatic rings. The van der Waals surface area contributed by atoms with Crippen LogP contribution in [0.3, 0.4) is 0 Å². The molecule has 0 heterocycles. The summed E-state index contributed by atoms with van der Waals surface area (Å²) in [5.74, 6) is -0.784. The van der Waals surface area contributed by atoms with Crippen LogP contribution in [0.1, 0.15) is 49.3 Å². The average molecular weight is 478 g/mol. The molecule has 1 unspecified atom stereocenters. The van der Waals surface area contributed by atoms with Gasteiger partial charge in [0.05, 0.1) is 10.0 Å². The molecule has 0 bridgehead atoms. The number of nitrogens with zero attached hydrogens (tertiary/aromatic N) is 2. The molecule has 0 aliphatic heterocycles. The van der Waals surface area contributed by atoms with Crippen LogP contribution in [0.5, 0.6) is 0 Å². The number of aliphatic carboxylic acids is 1. The van der Waals surface area contributed by atoms with Gasteiger partial charge in [0.1, 0.15) is 0 Å². The second-order valence-corrected chi connectivity index (χ2v) is 8.90. The highest BCUT2D eigenvalue weighted by molar-refractivity contribution is 6.42.